The highest BCUT2D eigenvalue weighted by Crippen LogP contribution is 2.23. The van der Waals surface area contributed by atoms with E-state index in [0.29, 0.717) is 16.3 Å². The molecule has 0 atom stereocenters. The predicted octanol–water partition coefficient (Wildman–Crippen LogP) is 3.18. The van der Waals surface area contributed by atoms with Gasteiger partial charge in [-0.1, -0.05) is 24.3 Å². The normalized spacial score (nSPS) is 12.6. The van der Waals surface area contributed by atoms with Gasteiger partial charge in [0, 0.05) is 16.1 Å². The summed E-state index contributed by atoms with van der Waals surface area (Å²) in [6, 6.07) is 15.0. The minimum Gasteiger partial charge on any atom is -0.326 e. The molecule has 2 heterocycles. The number of anilines is 1. The zero-order valence-electron chi connectivity index (χ0n) is 16.0. The number of carbonyl (C=O) groups excluding carboxylic acids is 4. The van der Waals surface area contributed by atoms with E-state index in [1.54, 1.807) is 37.3 Å². The van der Waals surface area contributed by atoms with Crippen molar-refractivity contribution < 1.29 is 19.2 Å². The molecular formula is C22H17N3O4S. The number of carbonyl (C=O) groups is 4. The Bertz CT molecular complexity index is 1140. The molecule has 2 N–H and O–H groups in total. The maximum atomic E-state index is 12.8. The van der Waals surface area contributed by atoms with Gasteiger partial charge in [0.15, 0.2) is 0 Å². The van der Waals surface area contributed by atoms with E-state index in [9.17, 15) is 19.2 Å². The topological polar surface area (TPSA) is 95.6 Å². The second-order valence-electron chi connectivity index (χ2n) is 6.71. The molecule has 0 saturated heterocycles. The third-order valence-corrected chi connectivity index (χ3v) is 5.65. The molecule has 1 aliphatic heterocycles. The molecule has 4 amide bonds. The summed E-state index contributed by atoms with van der Waals surface area (Å²) >= 11 is 1.49. The summed E-state index contributed by atoms with van der Waals surface area (Å²) in [4.78, 5) is 50.9. The van der Waals surface area contributed by atoms with Crippen molar-refractivity contribution in [2.24, 2.45) is 0 Å². The van der Waals surface area contributed by atoms with Crippen LogP contribution >= 0.6 is 11.3 Å². The maximum Gasteiger partial charge on any atom is 0.280 e. The van der Waals surface area contributed by atoms with Crippen LogP contribution in [-0.4, -0.2) is 28.6 Å². The third kappa shape index (κ3) is 3.60. The van der Waals surface area contributed by atoms with Crippen molar-refractivity contribution in [3.8, 4) is 0 Å². The second kappa shape index (κ2) is 7.92. The lowest BCUT2D eigenvalue weighted by Crippen LogP contribution is -2.46. The van der Waals surface area contributed by atoms with Crippen LogP contribution in [0.4, 0.5) is 5.69 Å². The molecule has 1 aliphatic rings. The first-order valence-corrected chi connectivity index (χ1v) is 10.0. The fourth-order valence-electron chi connectivity index (χ4n) is 3.24. The fraction of sp³-hybridized carbons (Fsp3) is 0.0909. The summed E-state index contributed by atoms with van der Waals surface area (Å²) in [5, 5.41) is 5.43. The summed E-state index contributed by atoms with van der Waals surface area (Å²) in [7, 11) is 0. The number of benzene rings is 2. The molecular weight excluding hydrogens is 402 g/mol. The van der Waals surface area contributed by atoms with Gasteiger partial charge in [0.1, 0.15) is 0 Å². The number of hydrazine groups is 1. The highest BCUT2D eigenvalue weighted by Gasteiger charge is 2.36. The third-order valence-electron chi connectivity index (χ3n) is 4.77. The second-order valence-corrected chi connectivity index (χ2v) is 7.75. The smallest absolute Gasteiger partial charge is 0.280 e. The van der Waals surface area contributed by atoms with Crippen LogP contribution < -0.4 is 10.7 Å². The summed E-state index contributed by atoms with van der Waals surface area (Å²) in [6.07, 6.45) is 0.239. The summed E-state index contributed by atoms with van der Waals surface area (Å²) < 4.78 is 0. The van der Waals surface area contributed by atoms with E-state index in [1.807, 2.05) is 17.5 Å². The van der Waals surface area contributed by atoms with Crippen molar-refractivity contribution in [3.05, 3.63) is 87.1 Å². The average molecular weight is 419 g/mol. The largest absolute Gasteiger partial charge is 0.326 e. The highest BCUT2D eigenvalue weighted by molar-refractivity contribution is 7.10. The minimum absolute atomic E-state index is 0.196. The van der Waals surface area contributed by atoms with Crippen molar-refractivity contribution in [3.63, 3.8) is 0 Å². The summed E-state index contributed by atoms with van der Waals surface area (Å²) in [5.41, 5.74) is 4.15. The lowest BCUT2D eigenvalue weighted by Gasteiger charge is -2.17. The van der Waals surface area contributed by atoms with E-state index in [0.717, 1.165) is 4.88 Å². The van der Waals surface area contributed by atoms with Crippen molar-refractivity contribution in [2.45, 2.75) is 13.3 Å². The number of thiophene rings is 1. The number of nitrogens with zero attached hydrogens (tertiary/aromatic N) is 1. The Morgan fingerprint density at radius 1 is 0.933 bits per heavy atom. The Morgan fingerprint density at radius 3 is 2.27 bits per heavy atom. The lowest BCUT2D eigenvalue weighted by molar-refractivity contribution is -0.115. The van der Waals surface area contributed by atoms with Crippen LogP contribution in [0.5, 0.6) is 0 Å². The predicted molar refractivity (Wildman–Crippen MR) is 112 cm³/mol. The van der Waals surface area contributed by atoms with Crippen LogP contribution in [0.15, 0.2) is 60.0 Å². The van der Waals surface area contributed by atoms with Crippen LogP contribution in [-0.2, 0) is 11.2 Å². The SMILES string of the molecule is Cc1c(NC(=O)Cc2cccs2)cccc1C(=O)NN1C(=O)c2ccccc2C1=O. The Hall–Kier alpha value is -3.78. The molecule has 0 bridgehead atoms. The lowest BCUT2D eigenvalue weighted by atomic mass is 10.1. The van der Waals surface area contributed by atoms with Gasteiger partial charge in [0.25, 0.3) is 17.7 Å². The van der Waals surface area contributed by atoms with Gasteiger partial charge in [-0.15, -0.1) is 11.3 Å². The Morgan fingerprint density at radius 2 is 1.63 bits per heavy atom. The Kier molecular flexibility index (Phi) is 5.16. The van der Waals surface area contributed by atoms with Gasteiger partial charge in [0.2, 0.25) is 5.91 Å². The first-order chi connectivity index (χ1) is 14.5. The van der Waals surface area contributed by atoms with Gasteiger partial charge in [0.05, 0.1) is 17.5 Å². The van der Waals surface area contributed by atoms with Gasteiger partial charge in [-0.05, 0) is 48.2 Å². The van der Waals surface area contributed by atoms with Crippen molar-refractivity contribution in [2.75, 3.05) is 5.32 Å². The van der Waals surface area contributed by atoms with Crippen LogP contribution in [0.2, 0.25) is 0 Å². The van der Waals surface area contributed by atoms with Gasteiger partial charge < -0.3 is 5.32 Å². The molecule has 8 heteroatoms. The molecule has 0 radical (unpaired) electrons. The molecule has 30 heavy (non-hydrogen) atoms. The summed E-state index contributed by atoms with van der Waals surface area (Å²) in [5.74, 6) is -1.97. The van der Waals surface area contributed by atoms with E-state index in [1.165, 1.54) is 23.5 Å². The Balaban J connectivity index is 1.50. The van der Waals surface area contributed by atoms with E-state index in [-0.39, 0.29) is 29.0 Å². The van der Waals surface area contributed by atoms with E-state index in [4.69, 9.17) is 0 Å². The molecule has 0 unspecified atom stereocenters. The van der Waals surface area contributed by atoms with E-state index < -0.39 is 17.7 Å². The van der Waals surface area contributed by atoms with Gasteiger partial charge >= 0.3 is 0 Å². The van der Waals surface area contributed by atoms with Crippen molar-refractivity contribution >= 4 is 40.7 Å². The maximum absolute atomic E-state index is 12.8. The quantitative estimate of drug-likeness (QED) is 0.621. The Labute approximate surface area is 176 Å². The van der Waals surface area contributed by atoms with Crippen LogP contribution in [0.25, 0.3) is 0 Å². The number of hydrogen-bond donors (Lipinski definition) is 2. The molecule has 0 saturated carbocycles. The molecule has 4 rings (SSSR count). The first kappa shape index (κ1) is 19.5. The first-order valence-electron chi connectivity index (χ1n) is 9.16. The number of fused-ring (bicyclic) bond motifs is 1. The number of amides is 4. The summed E-state index contributed by atoms with van der Waals surface area (Å²) in [6.45, 7) is 1.69. The molecule has 0 fully saturated rings. The van der Waals surface area contributed by atoms with E-state index in [2.05, 4.69) is 10.7 Å². The van der Waals surface area contributed by atoms with Gasteiger partial charge in [-0.25, -0.2) is 0 Å². The van der Waals surface area contributed by atoms with Gasteiger partial charge in [-0.3, -0.25) is 24.6 Å². The molecule has 0 spiro atoms. The standard InChI is InChI=1S/C22H17N3O4S/c1-13-15(9-4-10-18(13)23-19(26)12-14-6-5-11-30-14)20(27)24-25-21(28)16-7-2-3-8-17(16)22(25)29/h2-11H,12H2,1H3,(H,23,26)(H,24,27). The number of nitrogens with one attached hydrogen (secondary N) is 2. The minimum atomic E-state index is -0.614. The molecule has 7 nitrogen and oxygen atoms in total. The zero-order chi connectivity index (χ0) is 21.3. The van der Waals surface area contributed by atoms with Crippen molar-refractivity contribution in [1.82, 2.24) is 10.4 Å². The van der Waals surface area contributed by atoms with E-state index >= 15 is 0 Å². The molecule has 2 aromatic carbocycles. The van der Waals surface area contributed by atoms with Crippen LogP contribution in [0.1, 0.15) is 41.5 Å². The number of rotatable bonds is 5. The average Bonchev–Trinajstić information content (AvgIpc) is 3.32. The highest BCUT2D eigenvalue weighted by atomic mass is 32.1. The monoisotopic (exact) mass is 419 g/mol. The fourth-order valence-corrected chi connectivity index (χ4v) is 3.94. The molecule has 0 aliphatic carbocycles. The van der Waals surface area contributed by atoms with Crippen molar-refractivity contribution in [1.29, 1.82) is 0 Å². The zero-order valence-corrected chi connectivity index (χ0v) is 16.8. The number of hydrogen-bond acceptors (Lipinski definition) is 5. The van der Waals surface area contributed by atoms with Crippen LogP contribution in [0, 0.1) is 6.92 Å². The molecule has 3 aromatic rings. The molecule has 1 aromatic heterocycles. The molecule has 150 valence electrons. The van der Waals surface area contributed by atoms with Crippen LogP contribution in [0.3, 0.4) is 0 Å². The number of imide groups is 1. The van der Waals surface area contributed by atoms with Gasteiger partial charge in [-0.2, -0.15) is 5.01 Å².